The largest absolute Gasteiger partial charge is 0.392 e. The second-order valence-electron chi connectivity index (χ2n) is 7.95. The fourth-order valence-electron chi connectivity index (χ4n) is 4.88. The maximum Gasteiger partial charge on any atom is 0.0753 e. The van der Waals surface area contributed by atoms with E-state index in [2.05, 4.69) is 32.9 Å². The lowest BCUT2D eigenvalue weighted by Gasteiger charge is -2.45. The van der Waals surface area contributed by atoms with Gasteiger partial charge in [-0.1, -0.05) is 31.6 Å². The predicted molar refractivity (Wildman–Crippen MR) is 92.6 cm³/mol. The highest BCUT2D eigenvalue weighted by molar-refractivity contribution is 5.16. The molecule has 1 spiro atoms. The molecule has 0 bridgehead atoms. The summed E-state index contributed by atoms with van der Waals surface area (Å²) in [5.74, 6) is 2.13. The Morgan fingerprint density at radius 2 is 2.18 bits per heavy atom. The van der Waals surface area contributed by atoms with Crippen LogP contribution in [0.15, 0.2) is 23.3 Å². The van der Waals surface area contributed by atoms with Gasteiger partial charge in [0.2, 0.25) is 0 Å². The summed E-state index contributed by atoms with van der Waals surface area (Å²) >= 11 is 0. The summed E-state index contributed by atoms with van der Waals surface area (Å²) < 4.78 is 0. The molecule has 2 N–H and O–H groups in total. The van der Waals surface area contributed by atoms with Gasteiger partial charge in [0.05, 0.1) is 12.7 Å². The Bertz CT molecular complexity index is 437. The minimum atomic E-state index is -0.236. The smallest absolute Gasteiger partial charge is 0.0753 e. The van der Waals surface area contributed by atoms with Gasteiger partial charge in [0.25, 0.3) is 0 Å². The fourth-order valence-corrected chi connectivity index (χ4v) is 4.88. The fraction of sp³-hybridized carbons (Fsp3) is 0.800. The summed E-state index contributed by atoms with van der Waals surface area (Å²) in [6, 6.07) is 0. The molecular weight excluding hydrogens is 272 g/mol. The Labute approximate surface area is 136 Å². The molecule has 0 aromatic heterocycles. The Balaban J connectivity index is 2.06. The van der Waals surface area contributed by atoms with Crippen molar-refractivity contribution in [1.82, 2.24) is 0 Å². The first-order chi connectivity index (χ1) is 10.4. The summed E-state index contributed by atoms with van der Waals surface area (Å²) in [4.78, 5) is 0. The van der Waals surface area contributed by atoms with Crippen LogP contribution in [0.3, 0.4) is 0 Å². The summed E-state index contributed by atoms with van der Waals surface area (Å²) in [5, 5.41) is 19.5. The third kappa shape index (κ3) is 3.49. The van der Waals surface area contributed by atoms with Crippen molar-refractivity contribution in [2.45, 2.75) is 72.3 Å². The van der Waals surface area contributed by atoms with Crippen LogP contribution in [0.2, 0.25) is 0 Å². The SMILES string of the molecule is CC1=CC[C@@]2(C[C@@H]1O)[C@@H]([C@@H](C)CC/C=C(/C)CO)CC[C@@H]2C. The zero-order valence-corrected chi connectivity index (χ0v) is 14.8. The topological polar surface area (TPSA) is 40.5 Å². The maximum absolute atomic E-state index is 10.4. The Morgan fingerprint density at radius 1 is 1.45 bits per heavy atom. The van der Waals surface area contributed by atoms with Crippen molar-refractivity contribution < 1.29 is 10.2 Å². The molecule has 2 aliphatic carbocycles. The zero-order valence-electron chi connectivity index (χ0n) is 14.8. The van der Waals surface area contributed by atoms with E-state index >= 15 is 0 Å². The average Bonchev–Trinajstić information content (AvgIpc) is 2.80. The molecule has 1 saturated carbocycles. The van der Waals surface area contributed by atoms with Gasteiger partial charge in [-0.3, -0.25) is 0 Å². The molecule has 126 valence electrons. The van der Waals surface area contributed by atoms with Gasteiger partial charge in [0.1, 0.15) is 0 Å². The second-order valence-corrected chi connectivity index (χ2v) is 7.95. The van der Waals surface area contributed by atoms with E-state index in [9.17, 15) is 5.11 Å². The zero-order chi connectivity index (χ0) is 16.3. The molecule has 1 fully saturated rings. The molecule has 22 heavy (non-hydrogen) atoms. The number of rotatable bonds is 5. The summed E-state index contributed by atoms with van der Waals surface area (Å²) in [7, 11) is 0. The van der Waals surface area contributed by atoms with E-state index in [1.165, 1.54) is 19.3 Å². The Hall–Kier alpha value is -0.600. The molecule has 0 aromatic rings. The normalized spacial score (nSPS) is 37.5. The van der Waals surface area contributed by atoms with Crippen molar-refractivity contribution in [3.8, 4) is 0 Å². The molecule has 0 aromatic carbocycles. The number of hydrogen-bond donors (Lipinski definition) is 2. The standard InChI is InChI=1S/C20H34O2/c1-14(13-21)6-5-7-15(2)18-9-8-17(4)20(18)11-10-16(3)19(22)12-20/h6,10,15,17-19,21-22H,5,7-9,11-13H2,1-4H3/b14-6-/t15-,17-,18+,19-,20-/m0/s1. The van der Waals surface area contributed by atoms with Gasteiger partial charge in [-0.2, -0.15) is 0 Å². The van der Waals surface area contributed by atoms with Crippen LogP contribution in [-0.4, -0.2) is 22.9 Å². The van der Waals surface area contributed by atoms with Crippen molar-refractivity contribution in [3.05, 3.63) is 23.3 Å². The minimum Gasteiger partial charge on any atom is -0.392 e. The molecular formula is C20H34O2. The lowest BCUT2D eigenvalue weighted by molar-refractivity contribution is 0.0280. The third-order valence-corrected chi connectivity index (χ3v) is 6.58. The van der Waals surface area contributed by atoms with Crippen LogP contribution in [0, 0.1) is 23.2 Å². The van der Waals surface area contributed by atoms with E-state index in [0.717, 1.165) is 36.3 Å². The van der Waals surface area contributed by atoms with Crippen LogP contribution >= 0.6 is 0 Å². The monoisotopic (exact) mass is 306 g/mol. The molecule has 2 rings (SSSR count). The van der Waals surface area contributed by atoms with Gasteiger partial charge < -0.3 is 10.2 Å². The molecule has 0 heterocycles. The van der Waals surface area contributed by atoms with Crippen LogP contribution in [0.4, 0.5) is 0 Å². The van der Waals surface area contributed by atoms with E-state index < -0.39 is 0 Å². The molecule has 0 radical (unpaired) electrons. The van der Waals surface area contributed by atoms with Gasteiger partial charge >= 0.3 is 0 Å². The maximum atomic E-state index is 10.4. The van der Waals surface area contributed by atoms with Crippen LogP contribution in [0.25, 0.3) is 0 Å². The van der Waals surface area contributed by atoms with E-state index in [1.807, 2.05) is 6.92 Å². The first-order valence-corrected chi connectivity index (χ1v) is 9.02. The van der Waals surface area contributed by atoms with Crippen molar-refractivity contribution in [2.24, 2.45) is 23.2 Å². The first-order valence-electron chi connectivity index (χ1n) is 9.02. The van der Waals surface area contributed by atoms with Crippen LogP contribution < -0.4 is 0 Å². The van der Waals surface area contributed by atoms with E-state index in [0.29, 0.717) is 17.3 Å². The summed E-state index contributed by atoms with van der Waals surface area (Å²) in [6.45, 7) is 9.02. The molecule has 0 aliphatic heterocycles. The summed E-state index contributed by atoms with van der Waals surface area (Å²) in [5.41, 5.74) is 2.56. The number of aliphatic hydroxyl groups is 2. The molecule has 2 nitrogen and oxygen atoms in total. The van der Waals surface area contributed by atoms with Crippen molar-refractivity contribution in [2.75, 3.05) is 6.61 Å². The summed E-state index contributed by atoms with van der Waals surface area (Å²) in [6.07, 6.45) is 11.2. The van der Waals surface area contributed by atoms with Crippen LogP contribution in [0.5, 0.6) is 0 Å². The number of allylic oxidation sites excluding steroid dienone is 2. The van der Waals surface area contributed by atoms with Crippen molar-refractivity contribution >= 4 is 0 Å². The third-order valence-electron chi connectivity index (χ3n) is 6.58. The average molecular weight is 306 g/mol. The minimum absolute atomic E-state index is 0.176. The van der Waals surface area contributed by atoms with Crippen molar-refractivity contribution in [1.29, 1.82) is 0 Å². The molecule has 0 saturated heterocycles. The highest BCUT2D eigenvalue weighted by Crippen LogP contribution is 2.58. The van der Waals surface area contributed by atoms with Crippen LogP contribution in [0.1, 0.15) is 66.2 Å². The first kappa shape index (κ1) is 17.7. The molecule has 0 unspecified atom stereocenters. The lowest BCUT2D eigenvalue weighted by atomic mass is 9.60. The number of aliphatic hydroxyl groups excluding tert-OH is 2. The second kappa shape index (κ2) is 7.31. The Kier molecular flexibility index (Phi) is 5.90. The van der Waals surface area contributed by atoms with Crippen molar-refractivity contribution in [3.63, 3.8) is 0 Å². The highest BCUT2D eigenvalue weighted by Gasteiger charge is 2.50. The number of hydrogen-bond acceptors (Lipinski definition) is 2. The van der Waals surface area contributed by atoms with Crippen LogP contribution in [-0.2, 0) is 0 Å². The Morgan fingerprint density at radius 3 is 2.82 bits per heavy atom. The lowest BCUT2D eigenvalue weighted by Crippen LogP contribution is -2.40. The molecule has 0 amide bonds. The van der Waals surface area contributed by atoms with E-state index in [1.54, 1.807) is 0 Å². The van der Waals surface area contributed by atoms with Gasteiger partial charge in [0, 0.05) is 0 Å². The molecule has 2 aliphatic rings. The van der Waals surface area contributed by atoms with Gasteiger partial charge in [-0.25, -0.2) is 0 Å². The highest BCUT2D eigenvalue weighted by atomic mass is 16.3. The predicted octanol–water partition coefficient (Wildman–Crippen LogP) is 4.47. The molecule has 5 atom stereocenters. The van der Waals surface area contributed by atoms with E-state index in [4.69, 9.17) is 5.11 Å². The van der Waals surface area contributed by atoms with Gasteiger partial charge in [-0.15, -0.1) is 0 Å². The van der Waals surface area contributed by atoms with E-state index in [-0.39, 0.29) is 12.7 Å². The van der Waals surface area contributed by atoms with Gasteiger partial charge in [0.15, 0.2) is 0 Å². The molecule has 2 heteroatoms. The quantitative estimate of drug-likeness (QED) is 0.735. The van der Waals surface area contributed by atoms with Gasteiger partial charge in [-0.05, 0) is 81.1 Å².